The van der Waals surface area contributed by atoms with Crippen LogP contribution in [0.25, 0.3) is 0 Å². The molecule has 2 nitrogen and oxygen atoms in total. The molecule has 0 fully saturated rings. The Labute approximate surface area is 92.0 Å². The minimum Gasteiger partial charge on any atom is -0.338 e. The maximum absolute atomic E-state index is 11.6. The summed E-state index contributed by atoms with van der Waals surface area (Å²) in [7, 11) is 0. The second-order valence-corrected chi connectivity index (χ2v) is 4.32. The van der Waals surface area contributed by atoms with Crippen molar-refractivity contribution < 1.29 is 4.79 Å². The van der Waals surface area contributed by atoms with Crippen LogP contribution in [-0.4, -0.2) is 17.4 Å². The van der Waals surface area contributed by atoms with E-state index in [1.807, 2.05) is 24.0 Å². The molecule has 0 aliphatic carbocycles. The lowest BCUT2D eigenvalue weighted by Crippen LogP contribution is -2.35. The van der Waals surface area contributed by atoms with Gasteiger partial charge in [0.15, 0.2) is 0 Å². The predicted octanol–water partition coefficient (Wildman–Crippen LogP) is 2.35. The second-order valence-electron chi connectivity index (χ2n) is 3.46. The lowest BCUT2D eigenvalue weighted by molar-refractivity contribution is -0.131. The van der Waals surface area contributed by atoms with Gasteiger partial charge in [-0.3, -0.25) is 4.79 Å². The van der Waals surface area contributed by atoms with E-state index in [9.17, 15) is 4.79 Å². The van der Waals surface area contributed by atoms with E-state index in [2.05, 4.69) is 22.0 Å². The number of likely N-dealkylation sites (N-methyl/N-ethyl adjacent to an activating group) is 1. The van der Waals surface area contributed by atoms with Crippen molar-refractivity contribution in [3.8, 4) is 0 Å². The van der Waals surface area contributed by atoms with E-state index in [1.165, 1.54) is 5.56 Å². The lowest BCUT2D eigenvalue weighted by atomic mass is 9.99. The summed E-state index contributed by atoms with van der Waals surface area (Å²) in [6.07, 6.45) is 0.532. The van der Waals surface area contributed by atoms with Crippen LogP contribution in [0, 0.1) is 0 Å². The number of carbonyl (C=O) groups excluding carboxylic acids is 1. The van der Waals surface area contributed by atoms with Crippen molar-refractivity contribution >= 4 is 21.8 Å². The number of hydrogen-bond donors (Lipinski definition) is 0. The first-order chi connectivity index (χ1) is 6.72. The Kier molecular flexibility index (Phi) is 2.59. The Hall–Kier alpha value is -0.830. The van der Waals surface area contributed by atoms with Crippen molar-refractivity contribution in [1.82, 2.24) is 4.90 Å². The molecule has 0 N–H and O–H groups in total. The van der Waals surface area contributed by atoms with Gasteiger partial charge < -0.3 is 4.90 Å². The van der Waals surface area contributed by atoms with Gasteiger partial charge in [-0.1, -0.05) is 28.1 Å². The average Bonchev–Trinajstić information content (AvgIpc) is 2.19. The van der Waals surface area contributed by atoms with E-state index in [1.54, 1.807) is 0 Å². The van der Waals surface area contributed by atoms with Gasteiger partial charge in [0.2, 0.25) is 5.91 Å². The van der Waals surface area contributed by atoms with Crippen LogP contribution in [-0.2, 0) is 17.8 Å². The molecule has 1 heterocycles. The third-order valence-electron chi connectivity index (χ3n) is 2.64. The average molecular weight is 254 g/mol. The number of nitrogens with zero attached hydrogens (tertiary/aromatic N) is 1. The molecular weight excluding hydrogens is 242 g/mol. The van der Waals surface area contributed by atoms with Gasteiger partial charge in [0.25, 0.3) is 0 Å². The minimum absolute atomic E-state index is 0.229. The number of amides is 1. The minimum atomic E-state index is 0.229. The SMILES string of the molecule is CCN1Cc2cccc(Br)c2CC1=O. The fraction of sp³-hybridized carbons (Fsp3) is 0.364. The quantitative estimate of drug-likeness (QED) is 0.753. The van der Waals surface area contributed by atoms with Crippen LogP contribution in [0.4, 0.5) is 0 Å². The largest absolute Gasteiger partial charge is 0.338 e. The molecule has 0 saturated carbocycles. The number of carbonyl (C=O) groups is 1. The zero-order valence-electron chi connectivity index (χ0n) is 8.09. The summed E-state index contributed by atoms with van der Waals surface area (Å²) in [5, 5.41) is 0. The molecule has 74 valence electrons. The molecule has 1 amide bonds. The maximum atomic E-state index is 11.6. The summed E-state index contributed by atoms with van der Waals surface area (Å²) in [4.78, 5) is 13.5. The smallest absolute Gasteiger partial charge is 0.227 e. The molecule has 2 rings (SSSR count). The molecule has 0 spiro atoms. The Bertz CT molecular complexity index is 376. The number of fused-ring (bicyclic) bond motifs is 1. The standard InChI is InChI=1S/C11H12BrNO/c1-2-13-7-8-4-3-5-10(12)9(8)6-11(13)14/h3-5H,2,6-7H2,1H3. The van der Waals surface area contributed by atoms with Gasteiger partial charge in [-0.15, -0.1) is 0 Å². The highest BCUT2D eigenvalue weighted by atomic mass is 79.9. The number of benzene rings is 1. The van der Waals surface area contributed by atoms with Gasteiger partial charge in [-0.05, 0) is 24.1 Å². The van der Waals surface area contributed by atoms with Gasteiger partial charge in [0.05, 0.1) is 6.42 Å². The topological polar surface area (TPSA) is 20.3 Å². The van der Waals surface area contributed by atoms with Crippen LogP contribution >= 0.6 is 15.9 Å². The zero-order chi connectivity index (χ0) is 10.1. The van der Waals surface area contributed by atoms with Crippen LogP contribution in [0.5, 0.6) is 0 Å². The molecule has 1 aromatic rings. The van der Waals surface area contributed by atoms with Gasteiger partial charge in [-0.2, -0.15) is 0 Å². The first-order valence-corrected chi connectivity index (χ1v) is 5.55. The Morgan fingerprint density at radius 3 is 3.00 bits per heavy atom. The first kappa shape index (κ1) is 9.71. The van der Waals surface area contributed by atoms with Crippen LogP contribution < -0.4 is 0 Å². The number of halogens is 1. The lowest BCUT2D eigenvalue weighted by Gasteiger charge is -2.28. The summed E-state index contributed by atoms with van der Waals surface area (Å²) in [5.41, 5.74) is 2.42. The molecular formula is C11H12BrNO. The molecule has 1 aromatic carbocycles. The highest BCUT2D eigenvalue weighted by molar-refractivity contribution is 9.10. The number of rotatable bonds is 1. The van der Waals surface area contributed by atoms with Crippen LogP contribution in [0.2, 0.25) is 0 Å². The fourth-order valence-corrected chi connectivity index (χ4v) is 2.34. The highest BCUT2D eigenvalue weighted by Crippen LogP contribution is 2.26. The molecule has 3 heteroatoms. The Morgan fingerprint density at radius 1 is 1.50 bits per heavy atom. The van der Waals surface area contributed by atoms with E-state index >= 15 is 0 Å². The molecule has 0 atom stereocenters. The van der Waals surface area contributed by atoms with Gasteiger partial charge in [0.1, 0.15) is 0 Å². The fourth-order valence-electron chi connectivity index (χ4n) is 1.79. The van der Waals surface area contributed by atoms with Crippen LogP contribution in [0.1, 0.15) is 18.1 Å². The van der Waals surface area contributed by atoms with E-state index in [-0.39, 0.29) is 5.91 Å². The number of hydrogen-bond acceptors (Lipinski definition) is 1. The van der Waals surface area contributed by atoms with Gasteiger partial charge >= 0.3 is 0 Å². The molecule has 1 aliphatic heterocycles. The summed E-state index contributed by atoms with van der Waals surface area (Å²) >= 11 is 3.48. The first-order valence-electron chi connectivity index (χ1n) is 4.76. The third-order valence-corrected chi connectivity index (χ3v) is 3.38. The third kappa shape index (κ3) is 1.57. The molecule has 1 aliphatic rings. The van der Waals surface area contributed by atoms with E-state index in [4.69, 9.17) is 0 Å². The van der Waals surface area contributed by atoms with Crippen molar-refractivity contribution in [3.63, 3.8) is 0 Å². The molecule has 0 saturated heterocycles. The van der Waals surface area contributed by atoms with Gasteiger partial charge in [-0.25, -0.2) is 0 Å². The summed E-state index contributed by atoms with van der Waals surface area (Å²) in [6.45, 7) is 3.57. The Balaban J connectivity index is 2.40. The molecule has 0 aromatic heterocycles. The van der Waals surface area contributed by atoms with Crippen molar-refractivity contribution in [2.45, 2.75) is 19.9 Å². The molecule has 0 unspecified atom stereocenters. The van der Waals surface area contributed by atoms with Crippen molar-refractivity contribution in [3.05, 3.63) is 33.8 Å². The van der Waals surface area contributed by atoms with Crippen LogP contribution in [0.15, 0.2) is 22.7 Å². The van der Waals surface area contributed by atoms with E-state index in [0.717, 1.165) is 23.1 Å². The second kappa shape index (κ2) is 3.73. The van der Waals surface area contributed by atoms with Gasteiger partial charge in [0, 0.05) is 17.6 Å². The highest BCUT2D eigenvalue weighted by Gasteiger charge is 2.22. The van der Waals surface area contributed by atoms with E-state index < -0.39 is 0 Å². The maximum Gasteiger partial charge on any atom is 0.227 e. The normalized spacial score (nSPS) is 15.6. The van der Waals surface area contributed by atoms with Crippen LogP contribution in [0.3, 0.4) is 0 Å². The summed E-state index contributed by atoms with van der Waals surface area (Å²) in [5.74, 6) is 0.229. The van der Waals surface area contributed by atoms with Crippen molar-refractivity contribution in [2.75, 3.05) is 6.54 Å². The van der Waals surface area contributed by atoms with Crippen molar-refractivity contribution in [2.24, 2.45) is 0 Å². The summed E-state index contributed by atoms with van der Waals surface area (Å²) < 4.78 is 1.05. The summed E-state index contributed by atoms with van der Waals surface area (Å²) in [6, 6.07) is 6.11. The van der Waals surface area contributed by atoms with Crippen molar-refractivity contribution in [1.29, 1.82) is 0 Å². The monoisotopic (exact) mass is 253 g/mol. The zero-order valence-corrected chi connectivity index (χ0v) is 9.67. The molecule has 0 bridgehead atoms. The Morgan fingerprint density at radius 2 is 2.29 bits per heavy atom. The molecule has 0 radical (unpaired) electrons. The predicted molar refractivity (Wildman–Crippen MR) is 58.9 cm³/mol. The van der Waals surface area contributed by atoms with E-state index in [0.29, 0.717) is 6.42 Å². The molecule has 14 heavy (non-hydrogen) atoms.